The van der Waals surface area contributed by atoms with E-state index in [9.17, 15) is 18.4 Å². The van der Waals surface area contributed by atoms with Crippen LogP contribution in [0.4, 0.5) is 8.78 Å². The van der Waals surface area contributed by atoms with Gasteiger partial charge >= 0.3 is 0 Å². The number of benzene rings is 2. The summed E-state index contributed by atoms with van der Waals surface area (Å²) >= 11 is 2.60. The van der Waals surface area contributed by atoms with Crippen molar-refractivity contribution in [2.24, 2.45) is 0 Å². The summed E-state index contributed by atoms with van der Waals surface area (Å²) in [7, 11) is 0. The first-order valence-electron chi connectivity index (χ1n) is 10.9. The number of carbonyl (C=O) groups excluding carboxylic acids is 1. The first-order chi connectivity index (χ1) is 16.4. The Balaban J connectivity index is 1.42. The van der Waals surface area contributed by atoms with Crippen LogP contribution in [0.5, 0.6) is 0 Å². The molecule has 0 aliphatic heterocycles. The Morgan fingerprint density at radius 1 is 1.24 bits per heavy atom. The Labute approximate surface area is 202 Å². The number of para-hydroxylation sites is 1. The molecule has 0 radical (unpaired) electrons. The number of aromatic nitrogens is 2. The Kier molecular flexibility index (Phi) is 6.22. The summed E-state index contributed by atoms with van der Waals surface area (Å²) in [4.78, 5) is 31.6. The zero-order valence-corrected chi connectivity index (χ0v) is 19.9. The van der Waals surface area contributed by atoms with Gasteiger partial charge in [0.2, 0.25) is 5.91 Å². The molecule has 2 heterocycles. The van der Waals surface area contributed by atoms with Gasteiger partial charge in [-0.2, -0.15) is 0 Å². The lowest BCUT2D eigenvalue weighted by Gasteiger charge is -2.16. The van der Waals surface area contributed by atoms with Crippen LogP contribution in [-0.2, 0) is 4.79 Å². The summed E-state index contributed by atoms with van der Waals surface area (Å²) in [6, 6.07) is 11.9. The molecule has 1 amide bonds. The van der Waals surface area contributed by atoms with Gasteiger partial charge in [0.05, 0.1) is 22.9 Å². The molecule has 1 fully saturated rings. The SMILES string of the molecule is CC(NC(=O)CSc1nc2scc(C3CC3)c2c(=O)n1-c1ccccc1)c1ccc(F)cc1F. The van der Waals surface area contributed by atoms with E-state index >= 15 is 0 Å². The number of thiophene rings is 1. The molecule has 5 nitrogen and oxygen atoms in total. The third kappa shape index (κ3) is 4.50. The van der Waals surface area contributed by atoms with Crippen molar-refractivity contribution in [2.75, 3.05) is 5.75 Å². The molecule has 9 heteroatoms. The Morgan fingerprint density at radius 2 is 2.00 bits per heavy atom. The van der Waals surface area contributed by atoms with Gasteiger partial charge in [-0.25, -0.2) is 13.8 Å². The average Bonchev–Trinajstić information content (AvgIpc) is 3.57. The van der Waals surface area contributed by atoms with Crippen molar-refractivity contribution in [2.45, 2.75) is 36.9 Å². The molecule has 34 heavy (non-hydrogen) atoms. The van der Waals surface area contributed by atoms with Gasteiger partial charge < -0.3 is 5.32 Å². The zero-order valence-electron chi connectivity index (χ0n) is 18.3. The minimum absolute atomic E-state index is 0.0151. The molecule has 5 rings (SSSR count). The topological polar surface area (TPSA) is 64.0 Å². The van der Waals surface area contributed by atoms with Crippen LogP contribution in [0.15, 0.2) is 63.9 Å². The number of carbonyl (C=O) groups is 1. The van der Waals surface area contributed by atoms with Gasteiger partial charge in [-0.05, 0) is 54.8 Å². The minimum atomic E-state index is -0.713. The molecule has 4 aromatic rings. The fourth-order valence-electron chi connectivity index (χ4n) is 3.93. The maximum Gasteiger partial charge on any atom is 0.267 e. The van der Waals surface area contributed by atoms with Crippen molar-refractivity contribution >= 4 is 39.2 Å². The van der Waals surface area contributed by atoms with Crippen LogP contribution in [0.25, 0.3) is 15.9 Å². The van der Waals surface area contributed by atoms with E-state index in [1.165, 1.54) is 17.4 Å². The molecule has 2 aromatic heterocycles. The Morgan fingerprint density at radius 3 is 2.71 bits per heavy atom. The van der Waals surface area contributed by atoms with E-state index in [1.807, 2.05) is 35.7 Å². The molecule has 1 aliphatic carbocycles. The van der Waals surface area contributed by atoms with Crippen molar-refractivity contribution in [3.63, 3.8) is 0 Å². The lowest BCUT2D eigenvalue weighted by atomic mass is 10.1. The highest BCUT2D eigenvalue weighted by molar-refractivity contribution is 7.99. The van der Waals surface area contributed by atoms with E-state index < -0.39 is 17.7 Å². The number of halogens is 2. The molecule has 1 atom stereocenters. The highest BCUT2D eigenvalue weighted by Gasteiger charge is 2.29. The second-order valence-electron chi connectivity index (χ2n) is 8.26. The Bertz CT molecular complexity index is 1430. The van der Waals surface area contributed by atoms with E-state index in [0.717, 1.165) is 42.3 Å². The molecule has 1 unspecified atom stereocenters. The van der Waals surface area contributed by atoms with Crippen LogP contribution in [0.3, 0.4) is 0 Å². The van der Waals surface area contributed by atoms with Crippen LogP contribution in [0, 0.1) is 11.6 Å². The number of amides is 1. The fraction of sp³-hybridized carbons (Fsp3) is 0.240. The second-order valence-corrected chi connectivity index (χ2v) is 10.1. The average molecular weight is 498 g/mol. The van der Waals surface area contributed by atoms with E-state index in [-0.39, 0.29) is 22.8 Å². The predicted molar refractivity (Wildman–Crippen MR) is 131 cm³/mol. The summed E-state index contributed by atoms with van der Waals surface area (Å²) in [5.74, 6) is -1.33. The molecule has 1 aliphatic rings. The van der Waals surface area contributed by atoms with Crippen LogP contribution in [0.2, 0.25) is 0 Å². The maximum atomic E-state index is 14.1. The lowest BCUT2D eigenvalue weighted by molar-refractivity contribution is -0.119. The molecular formula is C25H21F2N3O2S2. The third-order valence-corrected chi connectivity index (χ3v) is 7.60. The van der Waals surface area contributed by atoms with Gasteiger partial charge in [0.15, 0.2) is 5.16 Å². The van der Waals surface area contributed by atoms with Crippen molar-refractivity contribution in [3.05, 3.63) is 87.0 Å². The minimum Gasteiger partial charge on any atom is -0.349 e. The van der Waals surface area contributed by atoms with Gasteiger partial charge in [0, 0.05) is 11.6 Å². The smallest absolute Gasteiger partial charge is 0.267 e. The number of hydrogen-bond acceptors (Lipinski definition) is 5. The third-order valence-electron chi connectivity index (χ3n) is 5.78. The number of rotatable bonds is 7. The zero-order chi connectivity index (χ0) is 23.8. The first-order valence-corrected chi connectivity index (χ1v) is 12.8. The quantitative estimate of drug-likeness (QED) is 0.268. The predicted octanol–water partition coefficient (Wildman–Crippen LogP) is 5.57. The lowest BCUT2D eigenvalue weighted by Crippen LogP contribution is -2.29. The number of thioether (sulfide) groups is 1. The van der Waals surface area contributed by atoms with Crippen molar-refractivity contribution in [1.29, 1.82) is 0 Å². The summed E-state index contributed by atoms with van der Waals surface area (Å²) in [6.45, 7) is 1.63. The summed E-state index contributed by atoms with van der Waals surface area (Å²) in [5.41, 5.74) is 1.81. The van der Waals surface area contributed by atoms with Crippen molar-refractivity contribution < 1.29 is 13.6 Å². The molecule has 1 saturated carbocycles. The van der Waals surface area contributed by atoms with Gasteiger partial charge in [0.25, 0.3) is 5.56 Å². The fourth-order valence-corrected chi connectivity index (χ4v) is 5.82. The van der Waals surface area contributed by atoms with Gasteiger partial charge in [-0.15, -0.1) is 11.3 Å². The van der Waals surface area contributed by atoms with Gasteiger partial charge in [-0.3, -0.25) is 14.2 Å². The molecular weight excluding hydrogens is 476 g/mol. The second kappa shape index (κ2) is 9.31. The number of hydrogen-bond donors (Lipinski definition) is 1. The summed E-state index contributed by atoms with van der Waals surface area (Å²) < 4.78 is 28.8. The molecule has 174 valence electrons. The summed E-state index contributed by atoms with van der Waals surface area (Å²) in [5, 5.41) is 5.83. The van der Waals surface area contributed by atoms with Crippen LogP contribution >= 0.6 is 23.1 Å². The van der Waals surface area contributed by atoms with E-state index in [2.05, 4.69) is 5.32 Å². The highest BCUT2D eigenvalue weighted by Crippen LogP contribution is 2.44. The summed E-state index contributed by atoms with van der Waals surface area (Å²) in [6.07, 6.45) is 2.17. The number of fused-ring (bicyclic) bond motifs is 1. The monoisotopic (exact) mass is 497 g/mol. The number of nitrogens with zero attached hydrogens (tertiary/aromatic N) is 2. The highest BCUT2D eigenvalue weighted by atomic mass is 32.2. The first kappa shape index (κ1) is 22.7. The van der Waals surface area contributed by atoms with E-state index in [1.54, 1.807) is 11.5 Å². The van der Waals surface area contributed by atoms with Crippen LogP contribution in [0.1, 0.15) is 42.9 Å². The van der Waals surface area contributed by atoms with Crippen LogP contribution < -0.4 is 10.9 Å². The Hall–Kier alpha value is -3.04. The van der Waals surface area contributed by atoms with E-state index in [0.29, 0.717) is 27.0 Å². The van der Waals surface area contributed by atoms with Gasteiger partial charge in [0.1, 0.15) is 16.5 Å². The standard InChI is InChI=1S/C25H21F2N3O2S2/c1-14(18-10-9-16(26)11-20(18)27)28-21(31)13-34-25-29-23-22(19(12-33-23)15-7-8-15)24(32)30(25)17-5-3-2-4-6-17/h2-6,9-12,14-15H,7-8,13H2,1H3,(H,28,31). The molecule has 2 aromatic carbocycles. The molecule has 0 saturated heterocycles. The number of nitrogens with one attached hydrogen (secondary N) is 1. The van der Waals surface area contributed by atoms with Crippen LogP contribution in [-0.4, -0.2) is 21.2 Å². The largest absolute Gasteiger partial charge is 0.349 e. The normalized spacial score (nSPS) is 14.3. The maximum absolute atomic E-state index is 14.1. The van der Waals surface area contributed by atoms with Gasteiger partial charge in [-0.1, -0.05) is 36.0 Å². The molecule has 0 bridgehead atoms. The molecule has 0 spiro atoms. The van der Waals surface area contributed by atoms with E-state index in [4.69, 9.17) is 4.98 Å². The molecule has 1 N–H and O–H groups in total. The van der Waals surface area contributed by atoms with Crippen molar-refractivity contribution in [3.8, 4) is 5.69 Å². The van der Waals surface area contributed by atoms with Crippen molar-refractivity contribution in [1.82, 2.24) is 14.9 Å².